The molecule has 0 aromatic rings. The molecule has 32 heavy (non-hydrogen) atoms. The third-order valence-corrected chi connectivity index (χ3v) is 6.36. The number of ether oxygens (including phenoxy) is 1. The average Bonchev–Trinajstić information content (AvgIpc) is 2.68. The first-order valence-corrected chi connectivity index (χ1v) is 12.4. The van der Waals surface area contributed by atoms with Crippen LogP contribution in [0, 0.1) is 4.35 Å². The van der Waals surface area contributed by atoms with Gasteiger partial charge in [0.2, 0.25) is 0 Å². The van der Waals surface area contributed by atoms with Gasteiger partial charge >= 0.3 is 38.3 Å². The van der Waals surface area contributed by atoms with Crippen LogP contribution in [0.1, 0.15) is 73.1 Å². The Labute approximate surface area is 216 Å². The molecule has 0 aliphatic heterocycles. The van der Waals surface area contributed by atoms with Gasteiger partial charge in [-0.05, 0) is 34.1 Å². The maximum absolute atomic E-state index is 11.0. The first-order valence-electron chi connectivity index (χ1n) is 9.79. The van der Waals surface area contributed by atoms with Gasteiger partial charge in [0.05, 0.1) is 6.61 Å². The van der Waals surface area contributed by atoms with Crippen LogP contribution in [0.3, 0.4) is 0 Å². The van der Waals surface area contributed by atoms with Gasteiger partial charge in [-0.25, -0.2) is 4.79 Å². The molecule has 0 atom stereocenters. The summed E-state index contributed by atoms with van der Waals surface area (Å²) in [6.45, 7) is 12.3. The van der Waals surface area contributed by atoms with Gasteiger partial charge in [0, 0.05) is 19.3 Å². The monoisotopic (exact) mass is 520 g/mol. The Morgan fingerprint density at radius 2 is 1.50 bits per heavy atom. The van der Waals surface area contributed by atoms with Gasteiger partial charge in [0.1, 0.15) is 8.28 Å². The predicted molar refractivity (Wildman–Crippen MR) is 141 cm³/mol. The van der Waals surface area contributed by atoms with E-state index in [1.54, 1.807) is 43.8 Å². The standard InChI is InChI=1S/C11H20O2.C9H14O4S3.Al.B.HN/c1-3-5-6-7-8-9-10-13-11(12)4-2;1-8(2,5(10)11)15-7(14)16-9(3,4)6(12)13;;;/h4H,2-3,5-10H2,1H3;1-4H3,(H,10,11)(H,12,13);;;1H/p+1. The summed E-state index contributed by atoms with van der Waals surface area (Å²) >= 11 is 8.74. The van der Waals surface area contributed by atoms with E-state index < -0.39 is 21.4 Å². The summed E-state index contributed by atoms with van der Waals surface area (Å²) in [5.41, 5.74) is 0. The molecular weight excluding hydrogens is 484 g/mol. The summed E-state index contributed by atoms with van der Waals surface area (Å²) in [7, 11) is 0. The number of hydrogen-bond acceptors (Lipinski definition) is 8. The Morgan fingerprint density at radius 1 is 1.06 bits per heavy atom. The summed E-state index contributed by atoms with van der Waals surface area (Å²) in [4.78, 5) is 32.4. The van der Waals surface area contributed by atoms with E-state index in [-0.39, 0.29) is 14.4 Å². The fraction of sp³-hybridized carbons (Fsp3) is 0.700. The average molecular weight is 521 g/mol. The van der Waals surface area contributed by atoms with Crippen molar-refractivity contribution in [2.24, 2.45) is 0 Å². The molecule has 0 aromatic carbocycles. The van der Waals surface area contributed by atoms with E-state index >= 15 is 0 Å². The Morgan fingerprint density at radius 3 is 1.91 bits per heavy atom. The zero-order chi connectivity index (χ0) is 25.1. The van der Waals surface area contributed by atoms with Gasteiger partial charge in [-0.1, -0.05) is 81.3 Å². The maximum atomic E-state index is 11.0. The van der Waals surface area contributed by atoms with Crippen LogP contribution in [0.15, 0.2) is 12.7 Å². The normalized spacial score (nSPS) is 10.1. The number of carboxylic acid groups (broad SMARTS) is 1. The van der Waals surface area contributed by atoms with Crippen molar-refractivity contribution in [3.05, 3.63) is 12.7 Å². The van der Waals surface area contributed by atoms with Crippen molar-refractivity contribution in [2.75, 3.05) is 6.61 Å². The summed E-state index contributed by atoms with van der Waals surface area (Å²) < 4.78 is 8.91. The van der Waals surface area contributed by atoms with Crippen LogP contribution in [0.25, 0.3) is 0 Å². The van der Waals surface area contributed by atoms with E-state index in [9.17, 15) is 14.4 Å². The molecule has 7 nitrogen and oxygen atoms in total. The second-order valence-corrected chi connectivity index (χ2v) is 11.7. The van der Waals surface area contributed by atoms with Gasteiger partial charge < -0.3 is 14.9 Å². The molecule has 0 aliphatic carbocycles. The number of unbranched alkanes of at least 4 members (excludes halogenated alkanes) is 5. The topological polar surface area (TPSA) is 127 Å². The molecular formula is C20H36AlBNO6S3+. The Hall–Kier alpha value is -0.663. The second kappa shape index (κ2) is 22.1. The van der Waals surface area contributed by atoms with Gasteiger partial charge in [-0.15, -0.1) is 0 Å². The van der Waals surface area contributed by atoms with Crippen molar-refractivity contribution in [1.29, 1.82) is 4.35 Å². The van der Waals surface area contributed by atoms with Crippen LogP contribution < -0.4 is 0 Å². The summed E-state index contributed by atoms with van der Waals surface area (Å²) in [5.74, 6) is -2.00. The van der Waals surface area contributed by atoms with Crippen LogP contribution in [0.4, 0.5) is 0 Å². The first kappa shape index (κ1) is 38.6. The van der Waals surface area contributed by atoms with Crippen molar-refractivity contribution in [2.45, 2.75) is 82.6 Å². The van der Waals surface area contributed by atoms with E-state index in [1.807, 2.05) is 0 Å². The van der Waals surface area contributed by atoms with Crippen molar-refractivity contribution in [1.82, 2.24) is 0 Å². The molecule has 0 heterocycles. The Bertz CT molecular complexity index is 562. The SMILES string of the molecule is C=CC(=O)OCCCCCCCC.CC(C)(SC(=S)SC(C)(C)C(=O)[OH2+])C(=O)O.[B].[NH]=[Al]. The molecule has 0 spiro atoms. The number of rotatable bonds is 12. The molecule has 0 amide bonds. The van der Waals surface area contributed by atoms with Gasteiger partial charge in [0.25, 0.3) is 0 Å². The Kier molecular flexibility index (Phi) is 26.7. The third kappa shape index (κ3) is 22.5. The number of carboxylic acids is 1. The number of carbonyl (C=O) groups is 3. The number of carbonyl (C=O) groups excluding carboxylic acids is 2. The molecule has 0 rings (SSSR count). The van der Waals surface area contributed by atoms with Crippen LogP contribution in [0.2, 0.25) is 0 Å². The Balaban J connectivity index is -0.000000224. The van der Waals surface area contributed by atoms with Crippen molar-refractivity contribution < 1.29 is 29.3 Å². The van der Waals surface area contributed by atoms with Crippen molar-refractivity contribution >= 4 is 81.7 Å². The molecule has 0 saturated carbocycles. The minimum absolute atomic E-state index is 0. The van der Waals surface area contributed by atoms with Crippen molar-refractivity contribution in [3.63, 3.8) is 0 Å². The number of esters is 1. The molecule has 0 aromatic heterocycles. The molecule has 180 valence electrons. The molecule has 0 fully saturated rings. The van der Waals surface area contributed by atoms with E-state index in [0.717, 1.165) is 36.4 Å². The van der Waals surface area contributed by atoms with E-state index in [2.05, 4.69) is 13.5 Å². The molecule has 0 unspecified atom stereocenters. The van der Waals surface area contributed by atoms with Crippen LogP contribution in [-0.2, 0) is 19.1 Å². The van der Waals surface area contributed by atoms with E-state index in [1.165, 1.54) is 31.8 Å². The summed E-state index contributed by atoms with van der Waals surface area (Å²) in [5, 5.41) is 15.9. The molecule has 4 radical (unpaired) electrons. The van der Waals surface area contributed by atoms with E-state index in [0.29, 0.717) is 10.1 Å². The fourth-order valence-electron chi connectivity index (χ4n) is 1.64. The van der Waals surface area contributed by atoms with E-state index in [4.69, 9.17) is 31.5 Å². The predicted octanol–water partition coefficient (Wildman–Crippen LogP) is 4.24. The van der Waals surface area contributed by atoms with Gasteiger partial charge in [-0.3, -0.25) is 4.79 Å². The molecule has 12 heteroatoms. The molecule has 0 aliphatic rings. The number of aliphatic carboxylic acids is 1. The zero-order valence-corrected chi connectivity index (χ0v) is 23.3. The number of hydrogen-bond donors (Lipinski definition) is 2. The summed E-state index contributed by atoms with van der Waals surface area (Å²) in [6, 6.07) is 0. The molecule has 0 saturated heterocycles. The second-order valence-electron chi connectivity index (χ2n) is 7.25. The third-order valence-electron chi connectivity index (χ3n) is 3.65. The van der Waals surface area contributed by atoms with Gasteiger partial charge in [-0.2, -0.15) is 0 Å². The number of thiocarbonyl (C=S) groups is 1. The van der Waals surface area contributed by atoms with Crippen LogP contribution >= 0.6 is 35.7 Å². The fourth-order valence-corrected chi connectivity index (χ4v) is 5.32. The quantitative estimate of drug-likeness (QED) is 0.0977. The number of thioether (sulfide) groups is 2. The molecule has 4 N–H and O–H groups in total. The van der Waals surface area contributed by atoms with Crippen molar-refractivity contribution in [3.8, 4) is 0 Å². The van der Waals surface area contributed by atoms with Gasteiger partial charge in [0.15, 0.2) is 4.75 Å². The zero-order valence-electron chi connectivity index (χ0n) is 19.7. The molecule has 0 bridgehead atoms. The minimum atomic E-state index is -1.02. The number of nitrogens with one attached hydrogen (secondary N) is 1. The van der Waals surface area contributed by atoms with Crippen LogP contribution in [-0.4, -0.2) is 72.3 Å². The van der Waals surface area contributed by atoms with Crippen LogP contribution in [0.5, 0.6) is 0 Å². The first-order chi connectivity index (χ1) is 14.3. The summed E-state index contributed by atoms with van der Waals surface area (Å²) in [6.07, 6.45) is 8.47.